The second kappa shape index (κ2) is 6.71. The molecule has 0 spiro atoms. The van der Waals surface area contributed by atoms with Crippen LogP contribution in [0.15, 0.2) is 24.3 Å². The third-order valence-corrected chi connectivity index (χ3v) is 3.79. The average Bonchev–Trinajstić information content (AvgIpc) is 2.47. The number of Topliss-reactive ketones (excluding diaryl/α,β-unsaturated/α-hetero) is 1. The summed E-state index contributed by atoms with van der Waals surface area (Å²) in [6.07, 6.45) is 4.51. The molecule has 0 aliphatic heterocycles. The Morgan fingerprint density at radius 1 is 1.37 bits per heavy atom. The van der Waals surface area contributed by atoms with Crippen LogP contribution in [0.5, 0.6) is 5.75 Å². The quantitative estimate of drug-likeness (QED) is 0.829. The van der Waals surface area contributed by atoms with Gasteiger partial charge in [-0.1, -0.05) is 31.4 Å². The lowest BCUT2D eigenvalue weighted by molar-refractivity contribution is 0.0534. The van der Waals surface area contributed by atoms with Crippen LogP contribution in [-0.4, -0.2) is 23.6 Å². The van der Waals surface area contributed by atoms with Crippen LogP contribution in [0.4, 0.5) is 0 Å². The first-order valence-corrected chi connectivity index (χ1v) is 7.17. The van der Waals surface area contributed by atoms with E-state index in [4.69, 9.17) is 4.74 Å². The Labute approximate surface area is 114 Å². The summed E-state index contributed by atoms with van der Waals surface area (Å²) in [4.78, 5) is 12.3. The molecule has 0 heterocycles. The standard InChI is InChI=1S/C16H22O3/c1-2-19-14-10-6-9-13(11-14)16(18)15(17)12-7-4-3-5-8-12/h6,9-12,15,17H,2-5,7-8H2,1H3. The highest BCUT2D eigenvalue weighted by Crippen LogP contribution is 2.28. The van der Waals surface area contributed by atoms with Crippen molar-refractivity contribution < 1.29 is 14.6 Å². The fraction of sp³-hybridized carbons (Fsp3) is 0.562. The molecule has 1 atom stereocenters. The van der Waals surface area contributed by atoms with Crippen LogP contribution in [0, 0.1) is 5.92 Å². The molecule has 19 heavy (non-hydrogen) atoms. The van der Waals surface area contributed by atoms with E-state index in [-0.39, 0.29) is 11.7 Å². The zero-order valence-electron chi connectivity index (χ0n) is 11.5. The summed E-state index contributed by atoms with van der Waals surface area (Å²) in [5, 5.41) is 10.2. The summed E-state index contributed by atoms with van der Waals surface area (Å²) in [5.41, 5.74) is 0.545. The summed E-state index contributed by atoms with van der Waals surface area (Å²) in [7, 11) is 0. The number of rotatable bonds is 5. The maximum absolute atomic E-state index is 12.3. The van der Waals surface area contributed by atoms with Crippen molar-refractivity contribution in [2.24, 2.45) is 5.92 Å². The predicted octanol–water partition coefficient (Wildman–Crippen LogP) is 3.21. The Balaban J connectivity index is 2.07. The molecule has 0 saturated heterocycles. The number of aliphatic hydroxyl groups is 1. The summed E-state index contributed by atoms with van der Waals surface area (Å²) in [6, 6.07) is 7.09. The molecule has 1 aromatic rings. The second-order valence-electron chi connectivity index (χ2n) is 5.17. The molecule has 1 N–H and O–H groups in total. The van der Waals surface area contributed by atoms with Gasteiger partial charge >= 0.3 is 0 Å². The van der Waals surface area contributed by atoms with Crippen molar-refractivity contribution in [1.82, 2.24) is 0 Å². The molecule has 1 aliphatic rings. The zero-order chi connectivity index (χ0) is 13.7. The van der Waals surface area contributed by atoms with Crippen LogP contribution in [0.1, 0.15) is 49.4 Å². The minimum Gasteiger partial charge on any atom is -0.494 e. The Kier molecular flexibility index (Phi) is 4.97. The maximum Gasteiger partial charge on any atom is 0.191 e. The predicted molar refractivity (Wildman–Crippen MR) is 74.5 cm³/mol. The number of ketones is 1. The van der Waals surface area contributed by atoms with Gasteiger partial charge in [-0.15, -0.1) is 0 Å². The normalized spacial score (nSPS) is 18.0. The van der Waals surface area contributed by atoms with Crippen molar-refractivity contribution in [2.75, 3.05) is 6.61 Å². The van der Waals surface area contributed by atoms with E-state index in [0.29, 0.717) is 17.9 Å². The lowest BCUT2D eigenvalue weighted by atomic mass is 9.82. The molecule has 0 radical (unpaired) electrons. The van der Waals surface area contributed by atoms with Crippen LogP contribution in [0.2, 0.25) is 0 Å². The topological polar surface area (TPSA) is 46.5 Å². The Hall–Kier alpha value is -1.35. The molecule has 0 amide bonds. The number of aliphatic hydroxyl groups excluding tert-OH is 1. The van der Waals surface area contributed by atoms with Gasteiger partial charge in [0, 0.05) is 5.56 Å². The molecular formula is C16H22O3. The SMILES string of the molecule is CCOc1cccc(C(=O)C(O)C2CCCCC2)c1. The minimum atomic E-state index is -0.864. The highest BCUT2D eigenvalue weighted by Gasteiger charge is 2.28. The molecule has 1 unspecified atom stereocenters. The van der Waals surface area contributed by atoms with Gasteiger partial charge in [0.15, 0.2) is 5.78 Å². The van der Waals surface area contributed by atoms with Gasteiger partial charge in [0.25, 0.3) is 0 Å². The molecule has 1 saturated carbocycles. The monoisotopic (exact) mass is 262 g/mol. The summed E-state index contributed by atoms with van der Waals surface area (Å²) in [6.45, 7) is 2.48. The van der Waals surface area contributed by atoms with Gasteiger partial charge in [-0.2, -0.15) is 0 Å². The van der Waals surface area contributed by atoms with Gasteiger partial charge in [0.05, 0.1) is 6.61 Å². The highest BCUT2D eigenvalue weighted by atomic mass is 16.5. The van der Waals surface area contributed by atoms with Gasteiger partial charge in [0.1, 0.15) is 11.9 Å². The van der Waals surface area contributed by atoms with E-state index in [1.807, 2.05) is 13.0 Å². The lowest BCUT2D eigenvalue weighted by Crippen LogP contribution is -2.31. The first kappa shape index (κ1) is 14.1. The Morgan fingerprint density at radius 3 is 2.79 bits per heavy atom. The molecule has 3 nitrogen and oxygen atoms in total. The molecule has 0 aromatic heterocycles. The number of carbonyl (C=O) groups is 1. The van der Waals surface area contributed by atoms with Gasteiger partial charge in [-0.25, -0.2) is 0 Å². The molecule has 1 fully saturated rings. The van der Waals surface area contributed by atoms with Crippen LogP contribution in [0.3, 0.4) is 0 Å². The van der Waals surface area contributed by atoms with E-state index < -0.39 is 6.10 Å². The fourth-order valence-corrected chi connectivity index (χ4v) is 2.74. The van der Waals surface area contributed by atoms with Gasteiger partial charge in [-0.05, 0) is 37.8 Å². The number of carbonyl (C=O) groups excluding carboxylic acids is 1. The largest absolute Gasteiger partial charge is 0.494 e. The van der Waals surface area contributed by atoms with Gasteiger partial charge in [0.2, 0.25) is 0 Å². The molecule has 2 rings (SSSR count). The van der Waals surface area contributed by atoms with E-state index in [0.717, 1.165) is 25.7 Å². The van der Waals surface area contributed by atoms with Crippen molar-refractivity contribution in [3.05, 3.63) is 29.8 Å². The Bertz CT molecular complexity index is 422. The molecular weight excluding hydrogens is 240 g/mol. The summed E-state index contributed by atoms with van der Waals surface area (Å²) >= 11 is 0. The third-order valence-electron chi connectivity index (χ3n) is 3.79. The average molecular weight is 262 g/mol. The van der Waals surface area contributed by atoms with Crippen LogP contribution < -0.4 is 4.74 Å². The number of ether oxygens (including phenoxy) is 1. The first-order valence-electron chi connectivity index (χ1n) is 7.17. The molecule has 104 valence electrons. The number of hydrogen-bond acceptors (Lipinski definition) is 3. The maximum atomic E-state index is 12.3. The van der Waals surface area contributed by atoms with E-state index in [1.165, 1.54) is 6.42 Å². The number of hydrogen-bond donors (Lipinski definition) is 1. The summed E-state index contributed by atoms with van der Waals surface area (Å²) < 4.78 is 5.39. The van der Waals surface area contributed by atoms with Crippen molar-refractivity contribution in [2.45, 2.75) is 45.1 Å². The Morgan fingerprint density at radius 2 is 2.11 bits per heavy atom. The van der Waals surface area contributed by atoms with Crippen molar-refractivity contribution in [3.8, 4) is 5.75 Å². The molecule has 1 aromatic carbocycles. The first-order chi connectivity index (χ1) is 9.22. The fourth-order valence-electron chi connectivity index (χ4n) is 2.74. The third kappa shape index (κ3) is 3.57. The van der Waals surface area contributed by atoms with E-state index in [1.54, 1.807) is 18.2 Å². The lowest BCUT2D eigenvalue weighted by Gasteiger charge is -2.25. The summed E-state index contributed by atoms with van der Waals surface area (Å²) in [5.74, 6) is 0.634. The smallest absolute Gasteiger partial charge is 0.191 e. The molecule has 0 bridgehead atoms. The molecule has 3 heteroatoms. The van der Waals surface area contributed by atoms with Crippen molar-refractivity contribution >= 4 is 5.78 Å². The second-order valence-corrected chi connectivity index (χ2v) is 5.17. The van der Waals surface area contributed by atoms with Gasteiger partial charge in [-0.3, -0.25) is 4.79 Å². The number of benzene rings is 1. The van der Waals surface area contributed by atoms with Crippen LogP contribution in [-0.2, 0) is 0 Å². The zero-order valence-corrected chi connectivity index (χ0v) is 11.5. The van der Waals surface area contributed by atoms with Crippen molar-refractivity contribution in [1.29, 1.82) is 0 Å². The van der Waals surface area contributed by atoms with E-state index in [9.17, 15) is 9.90 Å². The molecule has 1 aliphatic carbocycles. The van der Waals surface area contributed by atoms with Crippen molar-refractivity contribution in [3.63, 3.8) is 0 Å². The van der Waals surface area contributed by atoms with E-state index in [2.05, 4.69) is 0 Å². The van der Waals surface area contributed by atoms with Crippen LogP contribution in [0.25, 0.3) is 0 Å². The van der Waals surface area contributed by atoms with Crippen LogP contribution >= 0.6 is 0 Å². The van der Waals surface area contributed by atoms with E-state index >= 15 is 0 Å². The highest BCUT2D eigenvalue weighted by molar-refractivity contribution is 5.99. The minimum absolute atomic E-state index is 0.122. The van der Waals surface area contributed by atoms with Gasteiger partial charge < -0.3 is 9.84 Å².